The van der Waals surface area contributed by atoms with E-state index in [0.717, 1.165) is 10.9 Å². The summed E-state index contributed by atoms with van der Waals surface area (Å²) in [5.74, 6) is 0. The zero-order valence-corrected chi connectivity index (χ0v) is 16.4. The van der Waals surface area contributed by atoms with Gasteiger partial charge in [0.05, 0.1) is 4.90 Å². The molecule has 0 N–H and O–H groups in total. The molecule has 0 atom stereocenters. The number of fused-ring (bicyclic) bond motifs is 1. The number of nitrogens with zero attached hydrogens (tertiary/aromatic N) is 3. The molecule has 3 rings (SSSR count). The Bertz CT molecular complexity index is 920. The maximum atomic E-state index is 12.9. The van der Waals surface area contributed by atoms with Gasteiger partial charge in [0, 0.05) is 50.3 Å². The lowest BCUT2D eigenvalue weighted by Gasteiger charge is -2.35. The Kier molecular flexibility index (Phi) is 4.74. The van der Waals surface area contributed by atoms with Crippen LogP contribution < -0.4 is 0 Å². The number of piperazine rings is 1. The van der Waals surface area contributed by atoms with Gasteiger partial charge in [0.15, 0.2) is 0 Å². The average molecular weight is 379 g/mol. The molecule has 0 radical (unpaired) electrons. The van der Waals surface area contributed by atoms with Gasteiger partial charge in [-0.15, -0.1) is 0 Å². The predicted octanol–water partition coefficient (Wildman–Crippen LogP) is 2.42. The number of rotatable bonds is 2. The van der Waals surface area contributed by atoms with Gasteiger partial charge in [0.25, 0.3) is 0 Å². The first-order valence-electron chi connectivity index (χ1n) is 8.61. The molecule has 0 spiro atoms. The number of aryl methyl sites for hydroxylation is 1. The minimum atomic E-state index is -3.58. The highest BCUT2D eigenvalue weighted by Gasteiger charge is 2.32. The van der Waals surface area contributed by atoms with Crippen molar-refractivity contribution in [1.82, 2.24) is 13.8 Å². The molecule has 1 amide bonds. The van der Waals surface area contributed by atoms with Crippen molar-refractivity contribution in [2.24, 2.45) is 7.05 Å². The highest BCUT2D eigenvalue weighted by Crippen LogP contribution is 2.23. The number of amides is 1. The highest BCUT2D eigenvalue weighted by atomic mass is 32.2. The van der Waals surface area contributed by atoms with E-state index in [2.05, 4.69) is 0 Å². The number of hydrogen-bond donors (Lipinski definition) is 0. The van der Waals surface area contributed by atoms with Crippen molar-refractivity contribution < 1.29 is 17.9 Å². The third-order valence-corrected chi connectivity index (χ3v) is 6.28. The number of carbonyl (C=O) groups is 1. The van der Waals surface area contributed by atoms with Gasteiger partial charge in [-0.3, -0.25) is 0 Å². The zero-order valence-electron chi connectivity index (χ0n) is 15.6. The molecule has 26 heavy (non-hydrogen) atoms. The van der Waals surface area contributed by atoms with Gasteiger partial charge < -0.3 is 14.2 Å². The van der Waals surface area contributed by atoms with E-state index in [1.165, 1.54) is 4.31 Å². The lowest BCUT2D eigenvalue weighted by atomic mass is 10.2. The normalized spacial score (nSPS) is 16.8. The maximum absolute atomic E-state index is 12.9. The van der Waals surface area contributed by atoms with Crippen LogP contribution in [0.5, 0.6) is 0 Å². The summed E-state index contributed by atoms with van der Waals surface area (Å²) in [6, 6.07) is 7.05. The highest BCUT2D eigenvalue weighted by molar-refractivity contribution is 7.89. The topological polar surface area (TPSA) is 71.9 Å². The van der Waals surface area contributed by atoms with E-state index < -0.39 is 21.7 Å². The summed E-state index contributed by atoms with van der Waals surface area (Å²) in [5.41, 5.74) is 0.421. The Hall–Kier alpha value is -2.06. The number of ether oxygens (including phenoxy) is 1. The zero-order chi connectivity index (χ0) is 19.1. The molecule has 7 nitrogen and oxygen atoms in total. The number of aromatic nitrogens is 1. The summed E-state index contributed by atoms with van der Waals surface area (Å²) < 4.78 is 34.6. The monoisotopic (exact) mass is 379 g/mol. The number of sulfonamides is 1. The van der Waals surface area contributed by atoms with Crippen molar-refractivity contribution in [1.29, 1.82) is 0 Å². The standard InChI is InChI=1S/C18H25N3O4S/c1-18(2,3)25-17(22)20-9-11-21(12-10-20)26(23,24)15-5-6-16-14(13-15)7-8-19(16)4/h5-8,13H,9-12H2,1-4H3. The second-order valence-electron chi connectivity index (χ2n) is 7.52. The molecule has 0 unspecified atom stereocenters. The van der Waals surface area contributed by atoms with Crippen molar-refractivity contribution in [2.45, 2.75) is 31.3 Å². The first kappa shape index (κ1) is 18.7. The van der Waals surface area contributed by atoms with Crippen molar-refractivity contribution in [3.8, 4) is 0 Å². The molecular weight excluding hydrogens is 354 g/mol. The molecule has 2 heterocycles. The SMILES string of the molecule is Cn1ccc2cc(S(=O)(=O)N3CCN(C(=O)OC(C)(C)C)CC3)ccc21. The first-order valence-corrected chi connectivity index (χ1v) is 10.1. The van der Waals surface area contributed by atoms with Crippen LogP contribution in [0.15, 0.2) is 35.4 Å². The van der Waals surface area contributed by atoms with Crippen LogP contribution in [0.1, 0.15) is 20.8 Å². The molecule has 0 saturated carbocycles. The van der Waals surface area contributed by atoms with E-state index >= 15 is 0 Å². The maximum Gasteiger partial charge on any atom is 0.410 e. The number of benzene rings is 1. The molecule has 0 aliphatic carbocycles. The smallest absolute Gasteiger partial charge is 0.410 e. The van der Waals surface area contributed by atoms with Crippen molar-refractivity contribution in [3.05, 3.63) is 30.5 Å². The van der Waals surface area contributed by atoms with Crippen molar-refractivity contribution in [2.75, 3.05) is 26.2 Å². The van der Waals surface area contributed by atoms with Crippen LogP contribution in [0.3, 0.4) is 0 Å². The summed E-state index contributed by atoms with van der Waals surface area (Å²) in [4.78, 5) is 14.0. The summed E-state index contributed by atoms with van der Waals surface area (Å²) >= 11 is 0. The average Bonchev–Trinajstić information content (AvgIpc) is 2.94. The molecule has 8 heteroatoms. The largest absolute Gasteiger partial charge is 0.444 e. The van der Waals surface area contributed by atoms with E-state index in [0.29, 0.717) is 13.1 Å². The minimum Gasteiger partial charge on any atom is -0.444 e. The molecule has 1 aliphatic rings. The Morgan fingerprint density at radius 2 is 1.73 bits per heavy atom. The molecule has 1 aromatic carbocycles. The summed E-state index contributed by atoms with van der Waals surface area (Å²) in [6.07, 6.45) is 1.50. The molecule has 1 aromatic heterocycles. The van der Waals surface area contributed by atoms with Gasteiger partial charge in [0.2, 0.25) is 10.0 Å². The molecule has 2 aromatic rings. The van der Waals surface area contributed by atoms with Crippen molar-refractivity contribution >= 4 is 27.0 Å². The molecule has 1 fully saturated rings. The fraction of sp³-hybridized carbons (Fsp3) is 0.500. The fourth-order valence-corrected chi connectivity index (χ4v) is 4.46. The quantitative estimate of drug-likeness (QED) is 0.803. The minimum absolute atomic E-state index is 0.258. The Morgan fingerprint density at radius 3 is 2.35 bits per heavy atom. The van der Waals surface area contributed by atoms with Gasteiger partial charge in [-0.2, -0.15) is 4.31 Å². The van der Waals surface area contributed by atoms with Crippen LogP contribution in [0.2, 0.25) is 0 Å². The molecule has 1 saturated heterocycles. The van der Waals surface area contributed by atoms with E-state index in [1.54, 1.807) is 17.0 Å². The number of hydrogen-bond acceptors (Lipinski definition) is 4. The third kappa shape index (κ3) is 3.71. The van der Waals surface area contributed by atoms with Gasteiger partial charge in [-0.05, 0) is 45.0 Å². The lowest BCUT2D eigenvalue weighted by Crippen LogP contribution is -2.51. The summed E-state index contributed by atoms with van der Waals surface area (Å²) in [6.45, 7) is 6.59. The van der Waals surface area contributed by atoms with Gasteiger partial charge in [-0.25, -0.2) is 13.2 Å². The second-order valence-corrected chi connectivity index (χ2v) is 9.46. The van der Waals surface area contributed by atoms with Crippen LogP contribution in [0, 0.1) is 0 Å². The van der Waals surface area contributed by atoms with Crippen LogP contribution in [0.4, 0.5) is 4.79 Å². The molecule has 142 valence electrons. The van der Waals surface area contributed by atoms with Gasteiger partial charge in [0.1, 0.15) is 5.60 Å². The van der Waals surface area contributed by atoms with Gasteiger partial charge >= 0.3 is 6.09 Å². The molecule has 1 aliphatic heterocycles. The van der Waals surface area contributed by atoms with Gasteiger partial charge in [-0.1, -0.05) is 0 Å². The van der Waals surface area contributed by atoms with E-state index in [9.17, 15) is 13.2 Å². The fourth-order valence-electron chi connectivity index (χ4n) is 3.01. The van der Waals surface area contributed by atoms with Crippen molar-refractivity contribution in [3.63, 3.8) is 0 Å². The molecular formula is C18H25N3O4S. The van der Waals surface area contributed by atoms with Crippen LogP contribution in [0.25, 0.3) is 10.9 Å². The summed E-state index contributed by atoms with van der Waals surface area (Å²) in [5, 5.41) is 0.890. The number of carbonyl (C=O) groups excluding carboxylic acids is 1. The first-order chi connectivity index (χ1) is 12.1. The summed E-state index contributed by atoms with van der Waals surface area (Å²) in [7, 11) is -1.66. The molecule has 0 bridgehead atoms. The van der Waals surface area contributed by atoms with Crippen LogP contribution >= 0.6 is 0 Å². The van der Waals surface area contributed by atoms with E-state index in [1.807, 2.05) is 50.7 Å². The lowest BCUT2D eigenvalue weighted by molar-refractivity contribution is 0.0192. The van der Waals surface area contributed by atoms with Crippen LogP contribution in [-0.2, 0) is 21.8 Å². The Morgan fingerprint density at radius 1 is 1.08 bits per heavy atom. The van der Waals surface area contributed by atoms with E-state index in [-0.39, 0.29) is 18.0 Å². The van der Waals surface area contributed by atoms with Crippen LogP contribution in [-0.4, -0.2) is 60.1 Å². The Balaban J connectivity index is 1.72. The Labute approximate surface area is 154 Å². The second kappa shape index (κ2) is 6.59. The predicted molar refractivity (Wildman–Crippen MR) is 99.5 cm³/mol. The van der Waals surface area contributed by atoms with E-state index in [4.69, 9.17) is 4.74 Å². The third-order valence-electron chi connectivity index (χ3n) is 4.38.